The van der Waals surface area contributed by atoms with Gasteiger partial charge in [0.05, 0.1) is 33.8 Å². The molecule has 0 aromatic heterocycles. The monoisotopic (exact) mass is 1210 g/mol. The summed E-state index contributed by atoms with van der Waals surface area (Å²) in [7, 11) is 1.18. The zero-order valence-corrected chi connectivity index (χ0v) is 57.4. The Kier molecular flexibility index (Phi) is 62.1. The molecule has 0 heterocycles. The van der Waals surface area contributed by atoms with E-state index in [0.29, 0.717) is 17.4 Å². The first-order chi connectivity index (χ1) is 41.4. The van der Waals surface area contributed by atoms with Crippen LogP contribution in [0, 0.1) is 0 Å². The summed E-state index contributed by atoms with van der Waals surface area (Å²) in [6.45, 7) is 6.75. The number of rotatable bonds is 65. The van der Waals surface area contributed by atoms with Crippen molar-refractivity contribution >= 4 is 19.7 Å². The van der Waals surface area contributed by atoms with Crippen molar-refractivity contribution < 1.29 is 37.3 Å². The van der Waals surface area contributed by atoms with Gasteiger partial charge < -0.3 is 28.5 Å². The van der Waals surface area contributed by atoms with Crippen LogP contribution in [0.3, 0.4) is 0 Å². The summed E-state index contributed by atoms with van der Waals surface area (Å²) in [6.07, 6.45) is 85.7. The molecule has 9 nitrogen and oxygen atoms in total. The second-order valence-electron chi connectivity index (χ2n) is 25.4. The van der Waals surface area contributed by atoms with E-state index < -0.39 is 26.6 Å². The number of unbranched alkanes of at least 4 members (excludes halogenated alkanes) is 37. The lowest BCUT2D eigenvalue weighted by molar-refractivity contribution is -0.870. The zero-order valence-electron chi connectivity index (χ0n) is 56.6. The van der Waals surface area contributed by atoms with Crippen molar-refractivity contribution in [3.63, 3.8) is 0 Å². The third kappa shape index (κ3) is 65.5. The Morgan fingerprint density at radius 1 is 0.424 bits per heavy atom. The maximum absolute atomic E-state index is 13.6. The SMILES string of the molecule is CC/C=C\C/C=C\C/C=C\C/C=C\C/C=C\C/C=C\CCCCCCCCC(=O)NC(COP(=O)([O-])OCC[N+](C)(C)C)C(/C=C/CCCCCCCCCCC)OC(=O)CCCCCCCCCCCCCCCCCCCCCCCCC. The summed E-state index contributed by atoms with van der Waals surface area (Å²) in [6, 6.07) is -0.900. The number of esters is 1. The van der Waals surface area contributed by atoms with E-state index in [0.717, 1.165) is 122 Å². The van der Waals surface area contributed by atoms with Gasteiger partial charge in [-0.25, -0.2) is 0 Å². The first-order valence-electron chi connectivity index (χ1n) is 35.9. The van der Waals surface area contributed by atoms with Crippen molar-refractivity contribution in [2.75, 3.05) is 40.9 Å². The summed E-state index contributed by atoms with van der Waals surface area (Å²) < 4.78 is 30.4. The smallest absolute Gasteiger partial charge is 0.306 e. The molecular formula is C75H137N2O7P. The first kappa shape index (κ1) is 82.2. The fourth-order valence-corrected chi connectivity index (χ4v) is 11.1. The van der Waals surface area contributed by atoms with Crippen LogP contribution >= 0.6 is 7.82 Å². The van der Waals surface area contributed by atoms with Gasteiger partial charge in [-0.1, -0.05) is 318 Å². The van der Waals surface area contributed by atoms with Gasteiger partial charge in [0.1, 0.15) is 19.3 Å². The summed E-state index contributed by atoms with van der Waals surface area (Å²) in [5, 5.41) is 3.03. The predicted octanol–water partition coefficient (Wildman–Crippen LogP) is 22.3. The fourth-order valence-electron chi connectivity index (χ4n) is 10.4. The van der Waals surface area contributed by atoms with Crippen LogP contribution in [-0.4, -0.2) is 69.4 Å². The Bertz CT molecular complexity index is 1730. The summed E-state index contributed by atoms with van der Waals surface area (Å²) in [5.74, 6) is -0.549. The summed E-state index contributed by atoms with van der Waals surface area (Å²) in [5.41, 5.74) is 0. The molecule has 0 bridgehead atoms. The molecule has 0 aliphatic carbocycles. The minimum atomic E-state index is -4.71. The number of hydrogen-bond donors (Lipinski definition) is 1. The van der Waals surface area contributed by atoms with E-state index in [4.69, 9.17) is 13.8 Å². The third-order valence-corrected chi connectivity index (χ3v) is 16.8. The number of allylic oxidation sites excluding steroid dienone is 13. The Morgan fingerprint density at radius 3 is 1.13 bits per heavy atom. The van der Waals surface area contributed by atoms with E-state index in [-0.39, 0.29) is 24.9 Å². The van der Waals surface area contributed by atoms with E-state index >= 15 is 0 Å². The summed E-state index contributed by atoms with van der Waals surface area (Å²) in [4.78, 5) is 40.2. The molecule has 494 valence electrons. The van der Waals surface area contributed by atoms with Gasteiger partial charge in [-0.05, 0) is 83.1 Å². The molecule has 1 amide bonds. The molecule has 85 heavy (non-hydrogen) atoms. The molecule has 0 radical (unpaired) electrons. The van der Waals surface area contributed by atoms with Gasteiger partial charge in [-0.3, -0.25) is 14.2 Å². The highest BCUT2D eigenvalue weighted by atomic mass is 31.2. The molecule has 10 heteroatoms. The fraction of sp³-hybridized carbons (Fsp3) is 0.787. The van der Waals surface area contributed by atoms with E-state index in [2.05, 4.69) is 99.0 Å². The molecule has 0 saturated heterocycles. The van der Waals surface area contributed by atoms with Crippen molar-refractivity contribution in [3.8, 4) is 0 Å². The molecule has 3 unspecified atom stereocenters. The number of likely N-dealkylation sites (N-methyl/N-ethyl adjacent to an activating group) is 1. The number of phosphoric acid groups is 1. The Hall–Kier alpha value is -2.81. The Morgan fingerprint density at radius 2 is 0.753 bits per heavy atom. The quantitative estimate of drug-likeness (QED) is 0.0212. The van der Waals surface area contributed by atoms with Crippen LogP contribution in [0.15, 0.2) is 85.1 Å². The molecule has 0 aromatic carbocycles. The molecule has 0 aliphatic heterocycles. The highest BCUT2D eigenvalue weighted by Crippen LogP contribution is 2.38. The molecule has 0 aliphatic rings. The van der Waals surface area contributed by atoms with E-state index in [1.165, 1.54) is 173 Å². The van der Waals surface area contributed by atoms with Gasteiger partial charge >= 0.3 is 5.97 Å². The zero-order chi connectivity index (χ0) is 62.1. The van der Waals surface area contributed by atoms with Crippen LogP contribution in [0.2, 0.25) is 0 Å². The normalized spacial score (nSPS) is 14.0. The van der Waals surface area contributed by atoms with Gasteiger partial charge in [0.2, 0.25) is 5.91 Å². The van der Waals surface area contributed by atoms with Crippen molar-refractivity contribution in [2.45, 2.75) is 341 Å². The molecular weight excluding hydrogens is 1070 g/mol. The van der Waals surface area contributed by atoms with E-state index in [1.807, 2.05) is 33.3 Å². The largest absolute Gasteiger partial charge is 0.756 e. The molecule has 0 spiro atoms. The number of quaternary nitrogens is 1. The van der Waals surface area contributed by atoms with Crippen LogP contribution in [0.4, 0.5) is 0 Å². The molecule has 0 aromatic rings. The number of carbonyl (C=O) groups excluding carboxylic acids is 2. The van der Waals surface area contributed by atoms with Gasteiger partial charge in [0.25, 0.3) is 7.82 Å². The number of hydrogen-bond acceptors (Lipinski definition) is 7. The maximum Gasteiger partial charge on any atom is 0.306 e. The van der Waals surface area contributed by atoms with Crippen LogP contribution < -0.4 is 10.2 Å². The van der Waals surface area contributed by atoms with Crippen molar-refractivity contribution in [1.82, 2.24) is 5.32 Å². The minimum absolute atomic E-state index is 0.0273. The standard InChI is InChI=1S/C75H137N2O7P/c1-7-10-13-16-19-22-25-27-29-31-33-35-37-38-40-41-43-45-47-49-52-55-58-61-64-67-74(78)76-72(71-83-85(80,81)82-70-69-77(4,5)6)73(66-63-60-57-54-51-24-21-18-15-12-9-3)84-75(79)68-65-62-59-56-53-50-48-46-44-42-39-36-34-32-30-28-26-23-20-17-14-11-8-2/h10,13,19,22,27,29,33,35,38,40,43,45,63,66,72-73H,7-9,11-12,14-18,20-21,23-26,28,30-32,34,36-37,39,41-42,44,46-62,64-65,67-71H2,1-6H3,(H-,76,78,80,81)/b13-10-,22-19-,29-27-,35-33-,40-38-,45-43-,66-63+. The van der Waals surface area contributed by atoms with E-state index in [1.54, 1.807) is 0 Å². The number of amides is 1. The predicted molar refractivity (Wildman–Crippen MR) is 367 cm³/mol. The van der Waals surface area contributed by atoms with Crippen LogP contribution in [-0.2, 0) is 27.9 Å². The minimum Gasteiger partial charge on any atom is -0.756 e. The second-order valence-corrected chi connectivity index (χ2v) is 26.8. The number of carbonyl (C=O) groups is 2. The van der Waals surface area contributed by atoms with Crippen LogP contribution in [0.1, 0.15) is 329 Å². The van der Waals surface area contributed by atoms with Crippen LogP contribution in [0.25, 0.3) is 0 Å². The molecule has 0 saturated carbocycles. The number of ether oxygens (including phenoxy) is 1. The van der Waals surface area contributed by atoms with E-state index in [9.17, 15) is 19.0 Å². The third-order valence-electron chi connectivity index (χ3n) is 15.8. The lowest BCUT2D eigenvalue weighted by Gasteiger charge is -2.30. The Labute approximate surface area is 526 Å². The number of phosphoric ester groups is 1. The number of nitrogens with zero attached hydrogens (tertiary/aromatic N) is 1. The molecule has 3 atom stereocenters. The summed E-state index contributed by atoms with van der Waals surface area (Å²) >= 11 is 0. The molecule has 1 N–H and O–H groups in total. The van der Waals surface area contributed by atoms with Crippen molar-refractivity contribution in [1.29, 1.82) is 0 Å². The average Bonchev–Trinajstić information content (AvgIpc) is 3.64. The molecule has 0 rings (SSSR count). The lowest BCUT2D eigenvalue weighted by Crippen LogP contribution is -2.47. The van der Waals surface area contributed by atoms with Gasteiger partial charge in [-0.2, -0.15) is 0 Å². The highest BCUT2D eigenvalue weighted by molar-refractivity contribution is 7.45. The Balaban J connectivity index is 5.05. The lowest BCUT2D eigenvalue weighted by atomic mass is 10.0. The number of nitrogens with one attached hydrogen (secondary N) is 1. The van der Waals surface area contributed by atoms with Gasteiger partial charge in [-0.15, -0.1) is 0 Å². The topological polar surface area (TPSA) is 114 Å². The van der Waals surface area contributed by atoms with Gasteiger partial charge in [0, 0.05) is 12.8 Å². The average molecular weight is 1210 g/mol. The highest BCUT2D eigenvalue weighted by Gasteiger charge is 2.27. The van der Waals surface area contributed by atoms with Gasteiger partial charge in [0.15, 0.2) is 0 Å². The van der Waals surface area contributed by atoms with Crippen molar-refractivity contribution in [2.24, 2.45) is 0 Å². The maximum atomic E-state index is 13.6. The van der Waals surface area contributed by atoms with Crippen molar-refractivity contribution in [3.05, 3.63) is 85.1 Å². The van der Waals surface area contributed by atoms with Crippen LogP contribution in [0.5, 0.6) is 0 Å². The first-order valence-corrected chi connectivity index (χ1v) is 37.4. The molecule has 0 fully saturated rings. The second kappa shape index (κ2) is 64.2.